The molecule has 168 valence electrons. The number of alkyl carbamates (subject to hydrolysis) is 1. The molecule has 1 aromatic carbocycles. The molecule has 30 heavy (non-hydrogen) atoms. The van der Waals surface area contributed by atoms with Crippen molar-refractivity contribution in [1.29, 1.82) is 0 Å². The van der Waals surface area contributed by atoms with Gasteiger partial charge in [-0.05, 0) is 79.0 Å². The standard InChI is InChI=1S/C23H37N3O4/c1-14(2)25-21(28)20(18-12-10-11-16(5)17(18)6)26(15(3)4)19(27)13-24-22(29)30-23(7,8)9/h10-12,14-15,20H,13H2,1-9H3,(H,24,29)(H,25,28). The summed E-state index contributed by atoms with van der Waals surface area (Å²) in [4.78, 5) is 39.8. The van der Waals surface area contributed by atoms with Crippen LogP contribution in [-0.4, -0.2) is 47.0 Å². The number of amides is 3. The Hall–Kier alpha value is -2.57. The zero-order chi connectivity index (χ0) is 23.2. The minimum atomic E-state index is -0.805. The normalized spacial score (nSPS) is 12.5. The molecule has 1 rings (SSSR count). The van der Waals surface area contributed by atoms with Crippen molar-refractivity contribution in [3.63, 3.8) is 0 Å². The zero-order valence-corrected chi connectivity index (χ0v) is 19.8. The van der Waals surface area contributed by atoms with Crippen LogP contribution in [0.4, 0.5) is 4.79 Å². The fraction of sp³-hybridized carbons (Fsp3) is 0.609. The van der Waals surface area contributed by atoms with Crippen LogP contribution in [0.25, 0.3) is 0 Å². The number of ether oxygens (including phenoxy) is 1. The van der Waals surface area contributed by atoms with Gasteiger partial charge in [-0.15, -0.1) is 0 Å². The molecule has 7 nitrogen and oxygen atoms in total. The maximum atomic E-state index is 13.2. The smallest absolute Gasteiger partial charge is 0.408 e. The summed E-state index contributed by atoms with van der Waals surface area (Å²) in [7, 11) is 0. The summed E-state index contributed by atoms with van der Waals surface area (Å²) < 4.78 is 5.21. The summed E-state index contributed by atoms with van der Waals surface area (Å²) in [6.45, 7) is 16.4. The third-order valence-electron chi connectivity index (χ3n) is 4.53. The van der Waals surface area contributed by atoms with Crippen molar-refractivity contribution < 1.29 is 19.1 Å². The lowest BCUT2D eigenvalue weighted by molar-refractivity contribution is -0.142. The summed E-state index contributed by atoms with van der Waals surface area (Å²) in [6.07, 6.45) is -0.672. The molecule has 0 radical (unpaired) electrons. The van der Waals surface area contributed by atoms with E-state index >= 15 is 0 Å². The first-order chi connectivity index (χ1) is 13.7. The molecule has 1 atom stereocenters. The molecule has 0 aromatic heterocycles. The van der Waals surface area contributed by atoms with Gasteiger partial charge in [-0.25, -0.2) is 4.79 Å². The molecule has 0 saturated heterocycles. The molecular weight excluding hydrogens is 382 g/mol. The van der Waals surface area contributed by atoms with E-state index in [-0.39, 0.29) is 30.4 Å². The molecule has 0 saturated carbocycles. The number of benzene rings is 1. The Morgan fingerprint density at radius 1 is 1.07 bits per heavy atom. The minimum Gasteiger partial charge on any atom is -0.444 e. The van der Waals surface area contributed by atoms with Crippen molar-refractivity contribution >= 4 is 17.9 Å². The van der Waals surface area contributed by atoms with Gasteiger partial charge in [-0.2, -0.15) is 0 Å². The van der Waals surface area contributed by atoms with Gasteiger partial charge in [-0.3, -0.25) is 9.59 Å². The summed E-state index contributed by atoms with van der Waals surface area (Å²) >= 11 is 0. The average Bonchev–Trinajstić information content (AvgIpc) is 2.57. The topological polar surface area (TPSA) is 87.7 Å². The van der Waals surface area contributed by atoms with Gasteiger partial charge in [0.2, 0.25) is 11.8 Å². The van der Waals surface area contributed by atoms with Gasteiger partial charge in [-0.1, -0.05) is 18.2 Å². The van der Waals surface area contributed by atoms with E-state index in [1.807, 2.05) is 59.7 Å². The van der Waals surface area contributed by atoms with Gasteiger partial charge in [0.25, 0.3) is 0 Å². The third-order valence-corrected chi connectivity index (χ3v) is 4.53. The Morgan fingerprint density at radius 3 is 2.17 bits per heavy atom. The minimum absolute atomic E-state index is 0.0749. The molecule has 2 N–H and O–H groups in total. The van der Waals surface area contributed by atoms with E-state index in [0.717, 1.165) is 16.7 Å². The number of rotatable bonds is 7. The van der Waals surface area contributed by atoms with Gasteiger partial charge in [0.15, 0.2) is 0 Å². The van der Waals surface area contributed by atoms with E-state index < -0.39 is 17.7 Å². The van der Waals surface area contributed by atoms with Crippen molar-refractivity contribution in [1.82, 2.24) is 15.5 Å². The van der Waals surface area contributed by atoms with Gasteiger partial charge >= 0.3 is 6.09 Å². The first kappa shape index (κ1) is 25.5. The van der Waals surface area contributed by atoms with E-state index in [1.165, 1.54) is 4.90 Å². The number of nitrogens with one attached hydrogen (secondary N) is 2. The van der Waals surface area contributed by atoms with E-state index in [0.29, 0.717) is 0 Å². The van der Waals surface area contributed by atoms with Crippen molar-refractivity contribution in [2.24, 2.45) is 0 Å². The Kier molecular flexibility index (Phi) is 8.88. The number of hydrogen-bond acceptors (Lipinski definition) is 4. The van der Waals surface area contributed by atoms with Gasteiger partial charge in [0.1, 0.15) is 18.2 Å². The van der Waals surface area contributed by atoms with Crippen LogP contribution < -0.4 is 10.6 Å². The maximum absolute atomic E-state index is 13.2. The van der Waals surface area contributed by atoms with Crippen LogP contribution >= 0.6 is 0 Å². The van der Waals surface area contributed by atoms with Crippen molar-refractivity contribution in [3.8, 4) is 0 Å². The molecule has 0 aliphatic rings. The second-order valence-electron chi connectivity index (χ2n) is 9.11. The third kappa shape index (κ3) is 7.35. The molecule has 0 fully saturated rings. The Bertz CT molecular complexity index is 766. The molecule has 1 aromatic rings. The summed E-state index contributed by atoms with van der Waals surface area (Å²) in [6, 6.07) is 4.59. The number of aryl methyl sites for hydroxylation is 1. The second-order valence-corrected chi connectivity index (χ2v) is 9.11. The van der Waals surface area contributed by atoms with Crippen molar-refractivity contribution in [2.75, 3.05) is 6.54 Å². The summed E-state index contributed by atoms with van der Waals surface area (Å²) in [5, 5.41) is 5.43. The molecule has 7 heteroatoms. The predicted molar refractivity (Wildman–Crippen MR) is 118 cm³/mol. The largest absolute Gasteiger partial charge is 0.444 e. The number of carbonyl (C=O) groups excluding carboxylic acids is 3. The van der Waals surface area contributed by atoms with Crippen LogP contribution in [0, 0.1) is 13.8 Å². The molecule has 0 spiro atoms. The van der Waals surface area contributed by atoms with Crippen molar-refractivity contribution in [2.45, 2.75) is 86.0 Å². The van der Waals surface area contributed by atoms with E-state index in [9.17, 15) is 14.4 Å². The Morgan fingerprint density at radius 2 is 1.67 bits per heavy atom. The Balaban J connectivity index is 3.24. The lowest BCUT2D eigenvalue weighted by Crippen LogP contribution is -2.51. The van der Waals surface area contributed by atoms with Gasteiger partial charge in [0.05, 0.1) is 0 Å². The highest BCUT2D eigenvalue weighted by atomic mass is 16.6. The summed E-state index contributed by atoms with van der Waals surface area (Å²) in [5.74, 6) is -0.612. The van der Waals surface area contributed by atoms with Crippen LogP contribution in [-0.2, 0) is 14.3 Å². The molecule has 1 unspecified atom stereocenters. The van der Waals surface area contributed by atoms with Crippen LogP contribution in [0.15, 0.2) is 18.2 Å². The van der Waals surface area contributed by atoms with E-state index in [1.54, 1.807) is 20.8 Å². The number of carbonyl (C=O) groups is 3. The predicted octanol–water partition coefficient (Wildman–Crippen LogP) is 3.63. The molecule has 0 aliphatic heterocycles. The number of nitrogens with zero attached hydrogens (tertiary/aromatic N) is 1. The highest BCUT2D eigenvalue weighted by Crippen LogP contribution is 2.28. The van der Waals surface area contributed by atoms with E-state index in [2.05, 4.69) is 10.6 Å². The molecule has 0 bridgehead atoms. The highest BCUT2D eigenvalue weighted by molar-refractivity contribution is 5.91. The lowest BCUT2D eigenvalue weighted by Gasteiger charge is -2.36. The average molecular weight is 420 g/mol. The molecule has 0 aliphatic carbocycles. The van der Waals surface area contributed by atoms with E-state index in [4.69, 9.17) is 4.74 Å². The molecular formula is C23H37N3O4. The fourth-order valence-corrected chi connectivity index (χ4v) is 3.13. The highest BCUT2D eigenvalue weighted by Gasteiger charge is 2.34. The second kappa shape index (κ2) is 10.5. The maximum Gasteiger partial charge on any atom is 0.408 e. The van der Waals surface area contributed by atoms with Gasteiger partial charge in [0, 0.05) is 12.1 Å². The quantitative estimate of drug-likeness (QED) is 0.706. The van der Waals surface area contributed by atoms with Crippen LogP contribution in [0.5, 0.6) is 0 Å². The Labute approximate surface area is 180 Å². The van der Waals surface area contributed by atoms with Crippen LogP contribution in [0.2, 0.25) is 0 Å². The van der Waals surface area contributed by atoms with Crippen LogP contribution in [0.3, 0.4) is 0 Å². The monoisotopic (exact) mass is 419 g/mol. The summed E-state index contributed by atoms with van der Waals surface area (Å²) in [5.41, 5.74) is 2.11. The first-order valence-corrected chi connectivity index (χ1v) is 10.4. The van der Waals surface area contributed by atoms with Gasteiger partial charge < -0.3 is 20.3 Å². The molecule has 0 heterocycles. The first-order valence-electron chi connectivity index (χ1n) is 10.4. The SMILES string of the molecule is Cc1cccc(C(C(=O)NC(C)C)N(C(=O)CNC(=O)OC(C)(C)C)C(C)C)c1C. The molecule has 3 amide bonds. The number of hydrogen-bond donors (Lipinski definition) is 2. The fourth-order valence-electron chi connectivity index (χ4n) is 3.13. The lowest BCUT2D eigenvalue weighted by atomic mass is 9.94. The zero-order valence-electron chi connectivity index (χ0n) is 19.8. The van der Waals surface area contributed by atoms with Crippen LogP contribution in [0.1, 0.15) is 71.2 Å². The van der Waals surface area contributed by atoms with Crippen molar-refractivity contribution in [3.05, 3.63) is 34.9 Å².